The fourth-order valence-electron chi connectivity index (χ4n) is 3.67. The van der Waals surface area contributed by atoms with Crippen LogP contribution in [0.4, 0.5) is 0 Å². The van der Waals surface area contributed by atoms with Gasteiger partial charge in [-0.25, -0.2) is 8.42 Å². The minimum atomic E-state index is -3.74. The van der Waals surface area contributed by atoms with E-state index in [9.17, 15) is 13.2 Å². The predicted octanol–water partition coefficient (Wildman–Crippen LogP) is 3.71. The van der Waals surface area contributed by atoms with E-state index >= 15 is 0 Å². The fraction of sp³-hybridized carbons (Fsp3) is 0.348. The molecule has 3 aromatic rings. The largest absolute Gasteiger partial charge is 0.339 e. The summed E-state index contributed by atoms with van der Waals surface area (Å²) in [6.07, 6.45) is 3.20. The van der Waals surface area contributed by atoms with Gasteiger partial charge < -0.3 is 9.42 Å². The number of carbonyl (C=O) groups is 1. The summed E-state index contributed by atoms with van der Waals surface area (Å²) >= 11 is 0. The van der Waals surface area contributed by atoms with Crippen LogP contribution in [0, 0.1) is 6.92 Å². The van der Waals surface area contributed by atoms with Crippen LogP contribution in [0.1, 0.15) is 54.0 Å². The number of rotatable bonds is 6. The second kappa shape index (κ2) is 9.22. The van der Waals surface area contributed by atoms with Crippen LogP contribution in [-0.4, -0.2) is 42.5 Å². The molecule has 0 saturated carbocycles. The van der Waals surface area contributed by atoms with Gasteiger partial charge in [-0.3, -0.25) is 4.79 Å². The second-order valence-electron chi connectivity index (χ2n) is 8.05. The Hall–Kier alpha value is -3.04. The van der Waals surface area contributed by atoms with Crippen LogP contribution in [0.25, 0.3) is 11.4 Å². The molecule has 1 atom stereocenters. The van der Waals surface area contributed by atoms with E-state index in [-0.39, 0.29) is 16.7 Å². The molecule has 2 aromatic carbocycles. The lowest BCUT2D eigenvalue weighted by Gasteiger charge is -2.26. The third kappa shape index (κ3) is 4.89. The highest BCUT2D eigenvalue weighted by Gasteiger charge is 2.23. The first-order chi connectivity index (χ1) is 15.3. The molecule has 8 nitrogen and oxygen atoms in total. The minimum absolute atomic E-state index is 0.00510. The molecule has 9 heteroatoms. The molecule has 1 N–H and O–H groups in total. The lowest BCUT2D eigenvalue weighted by atomic mass is 10.1. The number of sulfonamides is 1. The van der Waals surface area contributed by atoms with Gasteiger partial charge in [0.2, 0.25) is 21.7 Å². The summed E-state index contributed by atoms with van der Waals surface area (Å²) in [6, 6.07) is 13.0. The maximum absolute atomic E-state index is 12.8. The summed E-state index contributed by atoms with van der Waals surface area (Å²) in [4.78, 5) is 19.2. The van der Waals surface area contributed by atoms with Gasteiger partial charge in [0.25, 0.3) is 5.91 Å². The number of aromatic nitrogens is 2. The average Bonchev–Trinajstić information content (AvgIpc) is 3.30. The molecule has 1 aromatic heterocycles. The number of hydrogen-bond donors (Lipinski definition) is 1. The predicted molar refractivity (Wildman–Crippen MR) is 119 cm³/mol. The summed E-state index contributed by atoms with van der Waals surface area (Å²) in [7, 11) is -3.74. The lowest BCUT2D eigenvalue weighted by molar-refractivity contribution is 0.0724. The molecule has 1 aliphatic rings. The monoisotopic (exact) mass is 454 g/mol. The van der Waals surface area contributed by atoms with E-state index in [4.69, 9.17) is 4.52 Å². The molecule has 32 heavy (non-hydrogen) atoms. The first kappa shape index (κ1) is 22.2. The number of piperidine rings is 1. The zero-order valence-electron chi connectivity index (χ0n) is 18.1. The Morgan fingerprint density at radius 3 is 2.53 bits per heavy atom. The van der Waals surface area contributed by atoms with Crippen LogP contribution in [0.2, 0.25) is 0 Å². The minimum Gasteiger partial charge on any atom is -0.339 e. The van der Waals surface area contributed by atoms with Crippen LogP contribution >= 0.6 is 0 Å². The maximum atomic E-state index is 12.8. The number of aryl methyl sites for hydroxylation is 1. The van der Waals surface area contributed by atoms with Crippen LogP contribution in [0.15, 0.2) is 57.9 Å². The molecule has 4 rings (SSSR count). The topological polar surface area (TPSA) is 105 Å². The van der Waals surface area contributed by atoms with Crippen molar-refractivity contribution in [3.8, 4) is 11.4 Å². The molecule has 168 valence electrons. The molecule has 1 aliphatic heterocycles. The van der Waals surface area contributed by atoms with Crippen molar-refractivity contribution in [3.63, 3.8) is 0 Å². The molecule has 0 spiro atoms. The van der Waals surface area contributed by atoms with Crippen LogP contribution in [0.3, 0.4) is 0 Å². The van der Waals surface area contributed by atoms with E-state index in [1.165, 1.54) is 0 Å². The van der Waals surface area contributed by atoms with E-state index in [1.807, 2.05) is 11.8 Å². The van der Waals surface area contributed by atoms with Crippen LogP contribution in [0.5, 0.6) is 0 Å². The first-order valence-corrected chi connectivity index (χ1v) is 12.1. The number of likely N-dealkylation sites (tertiary alicyclic amines) is 1. The molecule has 0 bridgehead atoms. The zero-order valence-corrected chi connectivity index (χ0v) is 18.9. The SMILES string of the molecule is Cc1ccc(S(=O)(=O)NC(C)c2nc(-c3cccc(C(=O)N4CCCCC4)c3)no2)cc1. The van der Waals surface area contributed by atoms with Gasteiger partial charge in [0.1, 0.15) is 0 Å². The van der Waals surface area contributed by atoms with Crippen molar-refractivity contribution >= 4 is 15.9 Å². The Bertz CT molecular complexity index is 1200. The fourth-order valence-corrected chi connectivity index (χ4v) is 4.86. The first-order valence-electron chi connectivity index (χ1n) is 10.7. The lowest BCUT2D eigenvalue weighted by Crippen LogP contribution is -2.35. The number of benzene rings is 2. The van der Waals surface area contributed by atoms with E-state index in [2.05, 4.69) is 14.9 Å². The highest BCUT2D eigenvalue weighted by molar-refractivity contribution is 7.89. The van der Waals surface area contributed by atoms with Gasteiger partial charge in [-0.2, -0.15) is 9.71 Å². The quantitative estimate of drug-likeness (QED) is 0.609. The number of nitrogens with one attached hydrogen (secondary N) is 1. The molecule has 1 saturated heterocycles. The van der Waals surface area contributed by atoms with E-state index in [0.29, 0.717) is 17.0 Å². The number of nitrogens with zero attached hydrogens (tertiary/aromatic N) is 3. The molecular weight excluding hydrogens is 428 g/mol. The van der Waals surface area contributed by atoms with Gasteiger partial charge >= 0.3 is 0 Å². The Labute approximate surface area is 187 Å². The third-order valence-corrected chi connectivity index (χ3v) is 7.04. The van der Waals surface area contributed by atoms with Crippen molar-refractivity contribution < 1.29 is 17.7 Å². The number of hydrogen-bond acceptors (Lipinski definition) is 6. The molecule has 2 heterocycles. The van der Waals surface area contributed by atoms with Gasteiger partial charge in [0, 0.05) is 24.2 Å². The van der Waals surface area contributed by atoms with E-state index in [1.54, 1.807) is 55.5 Å². The van der Waals surface area contributed by atoms with E-state index in [0.717, 1.165) is 37.9 Å². The van der Waals surface area contributed by atoms with Crippen molar-refractivity contribution in [2.24, 2.45) is 0 Å². The molecule has 0 radical (unpaired) electrons. The summed E-state index contributed by atoms with van der Waals surface area (Å²) in [6.45, 7) is 5.07. The van der Waals surface area contributed by atoms with Crippen molar-refractivity contribution in [1.29, 1.82) is 0 Å². The van der Waals surface area contributed by atoms with Crippen LogP contribution in [-0.2, 0) is 10.0 Å². The van der Waals surface area contributed by atoms with Crippen molar-refractivity contribution in [3.05, 3.63) is 65.5 Å². The summed E-state index contributed by atoms with van der Waals surface area (Å²) in [5, 5.41) is 3.99. The number of amides is 1. The Balaban J connectivity index is 1.49. The average molecular weight is 455 g/mol. The van der Waals surface area contributed by atoms with Gasteiger partial charge in [-0.05, 0) is 57.4 Å². The Morgan fingerprint density at radius 1 is 1.09 bits per heavy atom. The van der Waals surface area contributed by atoms with Crippen molar-refractivity contribution in [2.75, 3.05) is 13.1 Å². The highest BCUT2D eigenvalue weighted by atomic mass is 32.2. The van der Waals surface area contributed by atoms with Crippen molar-refractivity contribution in [2.45, 2.75) is 44.0 Å². The molecule has 0 aliphatic carbocycles. The standard InChI is InChI=1S/C23H26N4O4S/c1-16-9-11-20(12-10-16)32(29,30)26-17(2)22-24-21(25-31-22)18-7-6-8-19(15-18)23(28)27-13-4-3-5-14-27/h6-12,15,17,26H,3-5,13-14H2,1-2H3. The molecular formula is C23H26N4O4S. The second-order valence-corrected chi connectivity index (χ2v) is 9.76. The van der Waals surface area contributed by atoms with Crippen molar-refractivity contribution in [1.82, 2.24) is 19.8 Å². The maximum Gasteiger partial charge on any atom is 0.253 e. The molecule has 1 unspecified atom stereocenters. The van der Waals surface area contributed by atoms with Gasteiger partial charge in [-0.1, -0.05) is 35.0 Å². The highest BCUT2D eigenvalue weighted by Crippen LogP contribution is 2.22. The molecule has 1 amide bonds. The number of carbonyl (C=O) groups excluding carboxylic acids is 1. The third-order valence-electron chi connectivity index (χ3n) is 5.49. The summed E-state index contributed by atoms with van der Waals surface area (Å²) < 4.78 is 33.1. The van der Waals surface area contributed by atoms with Gasteiger partial charge in [-0.15, -0.1) is 0 Å². The van der Waals surface area contributed by atoms with Crippen LogP contribution < -0.4 is 4.72 Å². The molecule has 1 fully saturated rings. The summed E-state index contributed by atoms with van der Waals surface area (Å²) in [5.74, 6) is 0.438. The zero-order chi connectivity index (χ0) is 22.7. The summed E-state index contributed by atoms with van der Waals surface area (Å²) in [5.41, 5.74) is 2.18. The van der Waals surface area contributed by atoms with Gasteiger partial charge in [0.05, 0.1) is 10.9 Å². The normalized spacial score (nSPS) is 15.5. The van der Waals surface area contributed by atoms with Gasteiger partial charge in [0.15, 0.2) is 0 Å². The Kier molecular flexibility index (Phi) is 6.38. The van der Waals surface area contributed by atoms with E-state index < -0.39 is 16.1 Å². The Morgan fingerprint density at radius 2 is 1.81 bits per heavy atom. The smallest absolute Gasteiger partial charge is 0.253 e.